The fourth-order valence-electron chi connectivity index (χ4n) is 1.81. The van der Waals surface area contributed by atoms with Crippen molar-refractivity contribution >= 4 is 0 Å². The molecule has 0 bridgehead atoms. The van der Waals surface area contributed by atoms with Gasteiger partial charge in [0.15, 0.2) is 11.5 Å². The maximum Gasteiger partial charge on any atom is 0.203 e. The van der Waals surface area contributed by atoms with Crippen LogP contribution in [0, 0.1) is 0 Å². The molecule has 1 unspecified atom stereocenters. The minimum Gasteiger partial charge on any atom is -0.493 e. The number of benzene rings is 1. The summed E-state index contributed by atoms with van der Waals surface area (Å²) in [5, 5.41) is 3.37. The van der Waals surface area contributed by atoms with Gasteiger partial charge in [-0.05, 0) is 19.9 Å². The Labute approximate surface area is 121 Å². The van der Waals surface area contributed by atoms with Crippen molar-refractivity contribution in [2.75, 3.05) is 34.5 Å². The smallest absolute Gasteiger partial charge is 0.203 e. The van der Waals surface area contributed by atoms with Gasteiger partial charge >= 0.3 is 0 Å². The van der Waals surface area contributed by atoms with Gasteiger partial charge in [-0.3, -0.25) is 0 Å². The number of ether oxygens (including phenoxy) is 4. The Morgan fingerprint density at radius 3 is 2.10 bits per heavy atom. The summed E-state index contributed by atoms with van der Waals surface area (Å²) >= 11 is 0. The van der Waals surface area contributed by atoms with E-state index in [1.807, 2.05) is 0 Å². The Kier molecular flexibility index (Phi) is 7.01. The topological polar surface area (TPSA) is 49.0 Å². The van der Waals surface area contributed by atoms with Crippen molar-refractivity contribution in [3.63, 3.8) is 0 Å². The Bertz CT molecular complexity index is 384. The molecule has 1 atom stereocenters. The molecule has 1 N–H and O–H groups in total. The summed E-state index contributed by atoms with van der Waals surface area (Å²) in [4.78, 5) is 0. The van der Waals surface area contributed by atoms with E-state index in [4.69, 9.17) is 18.9 Å². The molecular formula is C15H25NO4. The molecule has 1 aromatic rings. The van der Waals surface area contributed by atoms with E-state index in [-0.39, 0.29) is 6.04 Å². The van der Waals surface area contributed by atoms with E-state index >= 15 is 0 Å². The zero-order valence-electron chi connectivity index (χ0n) is 13.0. The van der Waals surface area contributed by atoms with Crippen LogP contribution in [0.1, 0.15) is 20.3 Å². The van der Waals surface area contributed by atoms with Crippen LogP contribution in [0.4, 0.5) is 0 Å². The molecule has 1 aromatic carbocycles. The first-order valence-corrected chi connectivity index (χ1v) is 6.82. The predicted octanol–water partition coefficient (Wildman–Crippen LogP) is 2.48. The van der Waals surface area contributed by atoms with Crippen molar-refractivity contribution in [2.24, 2.45) is 0 Å². The van der Waals surface area contributed by atoms with Gasteiger partial charge in [0.05, 0.1) is 21.3 Å². The molecule has 0 aliphatic rings. The number of hydrogen-bond donors (Lipinski definition) is 1. The second-order valence-electron chi connectivity index (χ2n) is 4.53. The first-order valence-electron chi connectivity index (χ1n) is 6.82. The highest BCUT2D eigenvalue weighted by Crippen LogP contribution is 2.40. The van der Waals surface area contributed by atoms with Gasteiger partial charge in [0, 0.05) is 18.2 Å². The standard InChI is InChI=1S/C15H25NO4/c1-6-7-16-11(2)10-20-12-8-13(17-3)15(19-5)14(9-12)18-4/h8-9,11,16H,6-7,10H2,1-5H3. The van der Waals surface area contributed by atoms with E-state index in [1.165, 1.54) is 0 Å². The Morgan fingerprint density at radius 1 is 1.05 bits per heavy atom. The third-order valence-electron chi connectivity index (χ3n) is 2.88. The highest BCUT2D eigenvalue weighted by molar-refractivity contribution is 5.55. The lowest BCUT2D eigenvalue weighted by Crippen LogP contribution is -2.32. The summed E-state index contributed by atoms with van der Waals surface area (Å²) in [7, 11) is 4.76. The molecule has 0 radical (unpaired) electrons. The van der Waals surface area contributed by atoms with E-state index in [0.29, 0.717) is 29.6 Å². The molecule has 20 heavy (non-hydrogen) atoms. The normalized spacial score (nSPS) is 11.8. The first kappa shape index (κ1) is 16.4. The number of hydrogen-bond acceptors (Lipinski definition) is 5. The van der Waals surface area contributed by atoms with Crippen LogP contribution in [0.15, 0.2) is 12.1 Å². The molecule has 1 rings (SSSR count). The second-order valence-corrected chi connectivity index (χ2v) is 4.53. The number of rotatable bonds is 9. The van der Waals surface area contributed by atoms with Crippen LogP contribution in [0.25, 0.3) is 0 Å². The molecule has 0 fully saturated rings. The highest BCUT2D eigenvalue weighted by Gasteiger charge is 2.14. The molecule has 0 aromatic heterocycles. The lowest BCUT2D eigenvalue weighted by molar-refractivity contribution is 0.267. The number of nitrogens with one attached hydrogen (secondary N) is 1. The Balaban J connectivity index is 2.75. The quantitative estimate of drug-likeness (QED) is 0.754. The SMILES string of the molecule is CCCNC(C)COc1cc(OC)c(OC)c(OC)c1. The molecule has 5 heteroatoms. The molecule has 0 heterocycles. The van der Waals surface area contributed by atoms with Crippen molar-refractivity contribution < 1.29 is 18.9 Å². The molecule has 5 nitrogen and oxygen atoms in total. The van der Waals surface area contributed by atoms with E-state index < -0.39 is 0 Å². The molecule has 0 spiro atoms. The lowest BCUT2D eigenvalue weighted by atomic mass is 10.2. The Hall–Kier alpha value is -1.62. The van der Waals surface area contributed by atoms with Crippen LogP contribution >= 0.6 is 0 Å². The van der Waals surface area contributed by atoms with Gasteiger partial charge in [0.25, 0.3) is 0 Å². The molecule has 0 amide bonds. The van der Waals surface area contributed by atoms with Crippen LogP contribution in [0.2, 0.25) is 0 Å². The van der Waals surface area contributed by atoms with Crippen LogP contribution in [-0.2, 0) is 0 Å². The maximum atomic E-state index is 5.77. The lowest BCUT2D eigenvalue weighted by Gasteiger charge is -2.17. The second kappa shape index (κ2) is 8.53. The summed E-state index contributed by atoms with van der Waals surface area (Å²) in [5.74, 6) is 2.45. The average Bonchev–Trinajstić information content (AvgIpc) is 2.49. The van der Waals surface area contributed by atoms with Gasteiger partial charge in [-0.25, -0.2) is 0 Å². The fraction of sp³-hybridized carbons (Fsp3) is 0.600. The zero-order valence-corrected chi connectivity index (χ0v) is 13.0. The van der Waals surface area contributed by atoms with Crippen molar-refractivity contribution in [3.05, 3.63) is 12.1 Å². The summed E-state index contributed by atoms with van der Waals surface area (Å²) < 4.78 is 21.6. The van der Waals surface area contributed by atoms with Gasteiger partial charge in [-0.2, -0.15) is 0 Å². The van der Waals surface area contributed by atoms with Crippen molar-refractivity contribution in [2.45, 2.75) is 26.3 Å². The van der Waals surface area contributed by atoms with Gasteiger partial charge in [0.2, 0.25) is 5.75 Å². The van der Waals surface area contributed by atoms with E-state index in [9.17, 15) is 0 Å². The molecule has 114 valence electrons. The molecule has 0 aliphatic carbocycles. The molecule has 0 saturated carbocycles. The minimum atomic E-state index is 0.286. The van der Waals surface area contributed by atoms with E-state index in [2.05, 4.69) is 19.2 Å². The maximum absolute atomic E-state index is 5.77. The highest BCUT2D eigenvalue weighted by atomic mass is 16.5. The van der Waals surface area contributed by atoms with Crippen LogP contribution < -0.4 is 24.3 Å². The third-order valence-corrected chi connectivity index (χ3v) is 2.88. The summed E-state index contributed by atoms with van der Waals surface area (Å²) in [5.41, 5.74) is 0. The molecule has 0 saturated heterocycles. The summed E-state index contributed by atoms with van der Waals surface area (Å²) in [6.45, 7) is 5.80. The van der Waals surface area contributed by atoms with Gasteiger partial charge < -0.3 is 24.3 Å². The molecular weight excluding hydrogens is 258 g/mol. The van der Waals surface area contributed by atoms with Crippen LogP contribution in [0.5, 0.6) is 23.0 Å². The molecule has 0 aliphatic heterocycles. The predicted molar refractivity (Wildman–Crippen MR) is 79.3 cm³/mol. The van der Waals surface area contributed by atoms with Crippen molar-refractivity contribution in [3.8, 4) is 23.0 Å². The summed E-state index contributed by atoms with van der Waals surface area (Å²) in [6.07, 6.45) is 1.11. The van der Waals surface area contributed by atoms with E-state index in [0.717, 1.165) is 13.0 Å². The van der Waals surface area contributed by atoms with Crippen LogP contribution in [0.3, 0.4) is 0 Å². The average molecular weight is 283 g/mol. The zero-order chi connectivity index (χ0) is 15.0. The first-order chi connectivity index (χ1) is 9.65. The van der Waals surface area contributed by atoms with Gasteiger partial charge in [-0.1, -0.05) is 6.92 Å². The summed E-state index contributed by atoms with van der Waals surface area (Å²) in [6, 6.07) is 3.89. The monoisotopic (exact) mass is 283 g/mol. The third kappa shape index (κ3) is 4.49. The Morgan fingerprint density at radius 2 is 1.65 bits per heavy atom. The van der Waals surface area contributed by atoms with Crippen LogP contribution in [-0.4, -0.2) is 40.5 Å². The van der Waals surface area contributed by atoms with E-state index in [1.54, 1.807) is 33.5 Å². The number of methoxy groups -OCH3 is 3. The van der Waals surface area contributed by atoms with Gasteiger partial charge in [-0.15, -0.1) is 0 Å². The van der Waals surface area contributed by atoms with Crippen molar-refractivity contribution in [1.29, 1.82) is 0 Å². The van der Waals surface area contributed by atoms with Crippen molar-refractivity contribution in [1.82, 2.24) is 5.32 Å². The fourth-order valence-corrected chi connectivity index (χ4v) is 1.81. The largest absolute Gasteiger partial charge is 0.493 e. The van der Waals surface area contributed by atoms with Gasteiger partial charge in [0.1, 0.15) is 12.4 Å². The minimum absolute atomic E-state index is 0.286.